The van der Waals surface area contributed by atoms with Gasteiger partial charge in [-0.1, -0.05) is 30.3 Å². The highest BCUT2D eigenvalue weighted by Gasteiger charge is 2.20. The minimum absolute atomic E-state index is 0.00138. The molecule has 0 bridgehead atoms. The molecule has 1 amide bonds. The van der Waals surface area contributed by atoms with Crippen molar-refractivity contribution in [3.05, 3.63) is 69.8 Å². The number of halogens is 1. The predicted molar refractivity (Wildman–Crippen MR) is 118 cm³/mol. The number of amides is 1. The summed E-state index contributed by atoms with van der Waals surface area (Å²) in [5, 5.41) is 13.7. The van der Waals surface area contributed by atoms with Gasteiger partial charge in [0.05, 0.1) is 36.5 Å². The molecule has 0 aliphatic rings. The molecule has 0 radical (unpaired) electrons. The fourth-order valence-corrected chi connectivity index (χ4v) is 3.50. The number of carbonyl (C=O) groups excluding carboxylic acids is 1. The second kappa shape index (κ2) is 13.5. The molecule has 2 aromatic rings. The van der Waals surface area contributed by atoms with E-state index in [1.54, 1.807) is 0 Å². The molecule has 0 aliphatic carbocycles. The molecule has 2 rings (SSSR count). The lowest BCUT2D eigenvalue weighted by Crippen LogP contribution is -2.28. The summed E-state index contributed by atoms with van der Waals surface area (Å²) in [7, 11) is -4.15. The molecule has 1 unspecified atom stereocenters. The minimum Gasteiger partial charge on any atom is -0.489 e. The van der Waals surface area contributed by atoms with E-state index >= 15 is 0 Å². The van der Waals surface area contributed by atoms with E-state index in [1.807, 2.05) is 30.3 Å². The summed E-state index contributed by atoms with van der Waals surface area (Å²) in [6.07, 6.45) is -1.19. The third-order valence-corrected chi connectivity index (χ3v) is 5.56. The highest BCUT2D eigenvalue weighted by molar-refractivity contribution is 7.53. The van der Waals surface area contributed by atoms with E-state index in [1.165, 1.54) is 25.1 Å². The molecule has 0 spiro atoms. The van der Waals surface area contributed by atoms with Crippen LogP contribution in [0, 0.1) is 10.1 Å². The number of hydrogen-bond donors (Lipinski definition) is 1. The molecule has 12 heteroatoms. The summed E-state index contributed by atoms with van der Waals surface area (Å²) in [6.45, 7) is 1.42. The first-order valence-electron chi connectivity index (χ1n) is 10.2. The van der Waals surface area contributed by atoms with E-state index in [0.717, 1.165) is 5.56 Å². The van der Waals surface area contributed by atoms with E-state index < -0.39 is 18.7 Å². The molecule has 0 fully saturated rings. The summed E-state index contributed by atoms with van der Waals surface area (Å²) < 4.78 is 44.9. The van der Waals surface area contributed by atoms with Gasteiger partial charge in [0.1, 0.15) is 19.0 Å². The number of nitrogens with one attached hydrogen (secondary N) is 1. The predicted octanol–water partition coefficient (Wildman–Crippen LogP) is 4.62. The molecule has 0 saturated carbocycles. The standard InChI is InChI=1S/C21H26FN2O8P/c1-2-32-33(22,28)13-12-29-11-10-23-21(25)31-16-18-14-19(8-9-20(18)24(26)27)30-15-17-6-4-3-5-7-17/h3-9,14H,2,10-13,15-16H2,1H3,(H,23,25). The third-order valence-electron chi connectivity index (χ3n) is 4.20. The lowest BCUT2D eigenvalue weighted by atomic mass is 10.2. The Balaban J connectivity index is 1.78. The third kappa shape index (κ3) is 9.98. The summed E-state index contributed by atoms with van der Waals surface area (Å²) in [5.41, 5.74) is 0.900. The van der Waals surface area contributed by atoms with Gasteiger partial charge in [-0.3, -0.25) is 14.7 Å². The van der Waals surface area contributed by atoms with E-state index in [4.69, 9.17) is 14.2 Å². The van der Waals surface area contributed by atoms with Crippen molar-refractivity contribution in [2.24, 2.45) is 0 Å². The van der Waals surface area contributed by atoms with Gasteiger partial charge in [0.15, 0.2) is 0 Å². The van der Waals surface area contributed by atoms with Crippen molar-refractivity contribution in [2.75, 3.05) is 32.5 Å². The second-order valence-corrected chi connectivity index (χ2v) is 8.55. The second-order valence-electron chi connectivity index (χ2n) is 6.67. The summed E-state index contributed by atoms with van der Waals surface area (Å²) in [5.74, 6) is 0.397. The normalized spacial score (nSPS) is 12.5. The van der Waals surface area contributed by atoms with Crippen LogP contribution in [0.1, 0.15) is 18.1 Å². The highest BCUT2D eigenvalue weighted by Crippen LogP contribution is 2.47. The maximum absolute atomic E-state index is 13.3. The number of nitro groups is 1. The first kappa shape index (κ1) is 26.2. The van der Waals surface area contributed by atoms with E-state index in [-0.39, 0.29) is 57.0 Å². The molecule has 0 heterocycles. The highest BCUT2D eigenvalue weighted by atomic mass is 31.2. The number of carbonyl (C=O) groups is 1. The smallest absolute Gasteiger partial charge is 0.407 e. The molecule has 0 aliphatic heterocycles. The molecular formula is C21H26FN2O8P. The van der Waals surface area contributed by atoms with Gasteiger partial charge in [0, 0.05) is 12.6 Å². The topological polar surface area (TPSA) is 126 Å². The summed E-state index contributed by atoms with van der Waals surface area (Å²) in [4.78, 5) is 22.6. The summed E-state index contributed by atoms with van der Waals surface area (Å²) in [6, 6.07) is 13.6. The first-order chi connectivity index (χ1) is 15.8. The van der Waals surface area contributed by atoms with Crippen molar-refractivity contribution in [1.29, 1.82) is 0 Å². The summed E-state index contributed by atoms with van der Waals surface area (Å²) >= 11 is 0. The maximum atomic E-state index is 13.3. The Morgan fingerprint density at radius 1 is 1.15 bits per heavy atom. The Morgan fingerprint density at radius 3 is 2.61 bits per heavy atom. The Morgan fingerprint density at radius 2 is 1.91 bits per heavy atom. The minimum atomic E-state index is -4.15. The van der Waals surface area contributed by atoms with Crippen LogP contribution in [0.2, 0.25) is 0 Å². The Hall–Kier alpha value is -3.01. The average molecular weight is 484 g/mol. The van der Waals surface area contributed by atoms with Gasteiger partial charge in [-0.25, -0.2) is 4.79 Å². The van der Waals surface area contributed by atoms with Crippen LogP contribution in [-0.2, 0) is 31.8 Å². The van der Waals surface area contributed by atoms with Gasteiger partial charge in [0.25, 0.3) is 5.69 Å². The molecule has 0 saturated heterocycles. The van der Waals surface area contributed by atoms with Crippen molar-refractivity contribution < 1.29 is 37.2 Å². The van der Waals surface area contributed by atoms with Crippen LogP contribution in [0.3, 0.4) is 0 Å². The van der Waals surface area contributed by atoms with Crippen molar-refractivity contribution in [3.63, 3.8) is 0 Å². The van der Waals surface area contributed by atoms with Crippen LogP contribution in [0.5, 0.6) is 5.75 Å². The fraction of sp³-hybridized carbons (Fsp3) is 0.381. The fourth-order valence-electron chi connectivity index (χ4n) is 2.64. The lowest BCUT2D eigenvalue weighted by molar-refractivity contribution is -0.385. The number of benzene rings is 2. The SMILES string of the molecule is CCOP(=O)(F)CCOCCNC(=O)OCc1cc(OCc2ccccc2)ccc1[N+](=O)[O-]. The van der Waals surface area contributed by atoms with Gasteiger partial charge in [-0.15, -0.1) is 0 Å². The Kier molecular flexibility index (Phi) is 10.8. The van der Waals surface area contributed by atoms with E-state index in [2.05, 4.69) is 9.84 Å². The molecular weight excluding hydrogens is 458 g/mol. The number of alkyl carbamates (subject to hydrolysis) is 1. The zero-order valence-corrected chi connectivity index (χ0v) is 19.0. The number of nitro benzene ring substituents is 1. The van der Waals surface area contributed by atoms with Crippen molar-refractivity contribution >= 4 is 19.5 Å². The maximum Gasteiger partial charge on any atom is 0.407 e. The van der Waals surface area contributed by atoms with Gasteiger partial charge in [0.2, 0.25) is 0 Å². The number of ether oxygens (including phenoxy) is 3. The van der Waals surface area contributed by atoms with Crippen molar-refractivity contribution in [3.8, 4) is 5.75 Å². The van der Waals surface area contributed by atoms with Crippen molar-refractivity contribution in [1.82, 2.24) is 5.32 Å². The molecule has 2 aromatic carbocycles. The van der Waals surface area contributed by atoms with Crippen LogP contribution in [0.15, 0.2) is 48.5 Å². The van der Waals surface area contributed by atoms with Gasteiger partial charge in [-0.2, -0.15) is 4.20 Å². The average Bonchev–Trinajstić information content (AvgIpc) is 2.79. The zero-order chi connectivity index (χ0) is 24.1. The molecule has 1 N–H and O–H groups in total. The van der Waals surface area contributed by atoms with Gasteiger partial charge in [-0.05, 0) is 24.6 Å². The molecule has 180 valence electrons. The first-order valence-corrected chi connectivity index (χ1v) is 11.9. The molecule has 33 heavy (non-hydrogen) atoms. The Bertz CT molecular complexity index is 961. The molecule has 10 nitrogen and oxygen atoms in total. The zero-order valence-electron chi connectivity index (χ0n) is 18.1. The quantitative estimate of drug-likeness (QED) is 0.178. The number of nitrogens with zero attached hydrogens (tertiary/aromatic N) is 1. The van der Waals surface area contributed by atoms with Gasteiger partial charge >= 0.3 is 13.8 Å². The van der Waals surface area contributed by atoms with E-state index in [9.17, 15) is 23.7 Å². The monoisotopic (exact) mass is 484 g/mol. The largest absolute Gasteiger partial charge is 0.489 e. The molecule has 0 aromatic heterocycles. The van der Waals surface area contributed by atoms with Crippen LogP contribution in [0.25, 0.3) is 0 Å². The van der Waals surface area contributed by atoms with Crippen LogP contribution < -0.4 is 10.1 Å². The number of hydrogen-bond acceptors (Lipinski definition) is 8. The lowest BCUT2D eigenvalue weighted by Gasteiger charge is -2.11. The molecule has 1 atom stereocenters. The van der Waals surface area contributed by atoms with Crippen LogP contribution in [0.4, 0.5) is 14.7 Å². The van der Waals surface area contributed by atoms with Crippen LogP contribution >= 0.6 is 7.68 Å². The van der Waals surface area contributed by atoms with Crippen molar-refractivity contribution in [2.45, 2.75) is 20.1 Å². The van der Waals surface area contributed by atoms with Gasteiger partial charge < -0.3 is 24.1 Å². The van der Waals surface area contributed by atoms with E-state index in [0.29, 0.717) is 5.75 Å². The number of rotatable bonds is 14. The Labute approximate surface area is 190 Å². The van der Waals surface area contributed by atoms with Crippen LogP contribution in [-0.4, -0.2) is 43.5 Å².